The third-order valence-electron chi connectivity index (χ3n) is 4.32. The number of carbonyl (C=O) groups excluding carboxylic acids is 1. The van der Waals surface area contributed by atoms with E-state index in [1.54, 1.807) is 0 Å². The lowest BCUT2D eigenvalue weighted by Gasteiger charge is -2.51. The summed E-state index contributed by atoms with van der Waals surface area (Å²) in [5.41, 5.74) is 8.58. The number of benzene rings is 1. The number of nitrogens with zero attached hydrogens (tertiary/aromatic N) is 1. The van der Waals surface area contributed by atoms with Crippen molar-refractivity contribution in [1.29, 1.82) is 0 Å². The average molecular weight is 274 g/mol. The van der Waals surface area contributed by atoms with Gasteiger partial charge >= 0.3 is 6.09 Å². The smallest absolute Gasteiger partial charge is 0.411 e. The van der Waals surface area contributed by atoms with Crippen LogP contribution >= 0.6 is 0 Å². The summed E-state index contributed by atoms with van der Waals surface area (Å²) in [4.78, 5) is 14.2. The van der Waals surface area contributed by atoms with Crippen molar-refractivity contribution in [2.24, 2.45) is 0 Å². The monoisotopic (exact) mass is 274 g/mol. The first-order valence-electron chi connectivity index (χ1n) is 7.21. The first kappa shape index (κ1) is 13.3. The fourth-order valence-electron chi connectivity index (χ4n) is 3.37. The van der Waals surface area contributed by atoms with Crippen molar-refractivity contribution in [3.8, 4) is 0 Å². The summed E-state index contributed by atoms with van der Waals surface area (Å²) in [6, 6.07) is 6.04. The number of nitrogen functional groups attached to an aromatic ring is 1. The Morgan fingerprint density at radius 3 is 2.70 bits per heavy atom. The van der Waals surface area contributed by atoms with E-state index in [0.29, 0.717) is 0 Å². The van der Waals surface area contributed by atoms with Crippen LogP contribution in [0.5, 0.6) is 0 Å². The van der Waals surface area contributed by atoms with Gasteiger partial charge < -0.3 is 10.5 Å². The molecule has 1 fully saturated rings. The maximum atomic E-state index is 12.4. The van der Waals surface area contributed by atoms with E-state index in [1.807, 2.05) is 37.8 Å². The molecule has 1 aromatic rings. The molecule has 1 amide bonds. The van der Waals surface area contributed by atoms with Crippen LogP contribution in [0.2, 0.25) is 0 Å². The summed E-state index contributed by atoms with van der Waals surface area (Å²) in [6.07, 6.45) is 2.78. The molecule has 0 radical (unpaired) electrons. The molecule has 20 heavy (non-hydrogen) atoms. The summed E-state index contributed by atoms with van der Waals surface area (Å²) in [7, 11) is 0. The fourth-order valence-corrected chi connectivity index (χ4v) is 3.37. The van der Waals surface area contributed by atoms with Gasteiger partial charge in [-0.15, -0.1) is 0 Å². The number of rotatable bonds is 0. The maximum Gasteiger partial charge on any atom is 0.411 e. The van der Waals surface area contributed by atoms with Crippen LogP contribution in [0.25, 0.3) is 0 Å². The minimum atomic E-state index is -0.448. The van der Waals surface area contributed by atoms with E-state index in [-0.39, 0.29) is 11.6 Å². The SMILES string of the molecule is CC(C)(C)OC(=O)N1CC[C@]12CCc1cc(N)ccc12. The maximum absolute atomic E-state index is 12.4. The highest BCUT2D eigenvalue weighted by atomic mass is 16.6. The predicted molar refractivity (Wildman–Crippen MR) is 78.4 cm³/mol. The molecule has 1 heterocycles. The van der Waals surface area contributed by atoms with Crippen molar-refractivity contribution < 1.29 is 9.53 Å². The summed E-state index contributed by atoms with van der Waals surface area (Å²) in [5, 5.41) is 0. The molecule has 4 heteroatoms. The molecule has 1 aromatic carbocycles. The standard InChI is InChI=1S/C16H22N2O2/c1-15(2,3)20-14(19)18-9-8-16(18)7-6-11-10-12(17)4-5-13(11)16/h4-5,10H,6-9,17H2,1-3H3/t16-/m0/s1. The number of anilines is 1. The van der Waals surface area contributed by atoms with E-state index < -0.39 is 5.60 Å². The van der Waals surface area contributed by atoms with Crippen LogP contribution in [-0.4, -0.2) is 23.1 Å². The number of likely N-dealkylation sites (tertiary alicyclic amines) is 1. The van der Waals surface area contributed by atoms with Crippen LogP contribution in [0, 0.1) is 0 Å². The van der Waals surface area contributed by atoms with E-state index in [2.05, 4.69) is 6.07 Å². The number of nitrogens with two attached hydrogens (primary N) is 1. The van der Waals surface area contributed by atoms with E-state index in [1.165, 1.54) is 11.1 Å². The average Bonchev–Trinajstić information content (AvgIpc) is 2.65. The molecule has 1 atom stereocenters. The van der Waals surface area contributed by atoms with Crippen molar-refractivity contribution in [3.63, 3.8) is 0 Å². The minimum absolute atomic E-state index is 0.147. The van der Waals surface area contributed by atoms with Crippen molar-refractivity contribution >= 4 is 11.8 Å². The van der Waals surface area contributed by atoms with Gasteiger partial charge in [0.1, 0.15) is 5.60 Å². The van der Waals surface area contributed by atoms with Gasteiger partial charge in [-0.3, -0.25) is 4.90 Å². The highest BCUT2D eigenvalue weighted by Crippen LogP contribution is 2.50. The third-order valence-corrected chi connectivity index (χ3v) is 4.32. The first-order chi connectivity index (χ1) is 9.32. The molecule has 0 saturated carbocycles. The van der Waals surface area contributed by atoms with Gasteiger partial charge in [0, 0.05) is 12.2 Å². The van der Waals surface area contributed by atoms with E-state index >= 15 is 0 Å². The van der Waals surface area contributed by atoms with Gasteiger partial charge in [-0.2, -0.15) is 0 Å². The number of hydrogen-bond acceptors (Lipinski definition) is 3. The lowest BCUT2D eigenvalue weighted by atomic mass is 9.79. The topological polar surface area (TPSA) is 55.6 Å². The Morgan fingerprint density at radius 2 is 2.10 bits per heavy atom. The van der Waals surface area contributed by atoms with Gasteiger partial charge in [-0.1, -0.05) is 6.07 Å². The largest absolute Gasteiger partial charge is 0.444 e. The summed E-state index contributed by atoms with van der Waals surface area (Å²) >= 11 is 0. The number of carbonyl (C=O) groups is 1. The molecule has 1 aliphatic carbocycles. The van der Waals surface area contributed by atoms with Crippen LogP contribution in [0.4, 0.5) is 10.5 Å². The molecule has 0 aromatic heterocycles. The van der Waals surface area contributed by atoms with Gasteiger partial charge in [-0.25, -0.2) is 4.79 Å². The summed E-state index contributed by atoms with van der Waals surface area (Å²) in [5.74, 6) is 0. The lowest BCUT2D eigenvalue weighted by molar-refractivity contribution is -0.0470. The zero-order valence-electron chi connectivity index (χ0n) is 12.4. The molecule has 1 aliphatic heterocycles. The van der Waals surface area contributed by atoms with Gasteiger partial charge in [0.15, 0.2) is 0 Å². The zero-order chi connectivity index (χ0) is 14.5. The number of amides is 1. The predicted octanol–water partition coefficient (Wildman–Crippen LogP) is 3.05. The van der Waals surface area contributed by atoms with Crippen molar-refractivity contribution in [2.75, 3.05) is 12.3 Å². The fraction of sp³-hybridized carbons (Fsp3) is 0.562. The number of ether oxygens (including phenoxy) is 1. The van der Waals surface area contributed by atoms with Crippen LogP contribution in [0.3, 0.4) is 0 Å². The second-order valence-corrected chi connectivity index (χ2v) is 6.83. The molecule has 0 bridgehead atoms. The Labute approximate surface area is 119 Å². The quantitative estimate of drug-likeness (QED) is 0.740. The molecular formula is C16H22N2O2. The van der Waals surface area contributed by atoms with Gasteiger partial charge in [0.05, 0.1) is 5.54 Å². The summed E-state index contributed by atoms with van der Waals surface area (Å²) in [6.45, 7) is 6.49. The second-order valence-electron chi connectivity index (χ2n) is 6.83. The zero-order valence-corrected chi connectivity index (χ0v) is 12.4. The molecular weight excluding hydrogens is 252 g/mol. The first-order valence-corrected chi connectivity index (χ1v) is 7.21. The molecule has 1 spiro atoms. The van der Waals surface area contributed by atoms with E-state index in [0.717, 1.165) is 31.5 Å². The van der Waals surface area contributed by atoms with Crippen LogP contribution in [-0.2, 0) is 16.7 Å². The highest BCUT2D eigenvalue weighted by Gasteiger charge is 2.53. The molecule has 3 rings (SSSR count). The van der Waals surface area contributed by atoms with Crippen LogP contribution < -0.4 is 5.73 Å². The van der Waals surface area contributed by atoms with E-state index in [4.69, 9.17) is 10.5 Å². The minimum Gasteiger partial charge on any atom is -0.444 e. The molecule has 2 aliphatic rings. The second kappa shape index (κ2) is 4.14. The molecule has 108 valence electrons. The Hall–Kier alpha value is -1.71. The Balaban J connectivity index is 1.87. The van der Waals surface area contributed by atoms with Crippen molar-refractivity contribution in [2.45, 2.75) is 51.2 Å². The molecule has 2 N–H and O–H groups in total. The van der Waals surface area contributed by atoms with Gasteiger partial charge in [0.2, 0.25) is 0 Å². The molecule has 0 unspecified atom stereocenters. The van der Waals surface area contributed by atoms with Gasteiger partial charge in [-0.05, 0) is 63.3 Å². The number of aryl methyl sites for hydroxylation is 1. The van der Waals surface area contributed by atoms with E-state index in [9.17, 15) is 4.79 Å². The van der Waals surface area contributed by atoms with Crippen molar-refractivity contribution in [3.05, 3.63) is 29.3 Å². The third kappa shape index (κ3) is 1.94. The lowest BCUT2D eigenvalue weighted by Crippen LogP contribution is -2.59. The Morgan fingerprint density at radius 1 is 1.35 bits per heavy atom. The normalized spacial score (nSPS) is 24.4. The molecule has 4 nitrogen and oxygen atoms in total. The van der Waals surface area contributed by atoms with Crippen molar-refractivity contribution in [1.82, 2.24) is 4.90 Å². The Bertz CT molecular complexity index is 562. The van der Waals surface area contributed by atoms with Crippen LogP contribution in [0.1, 0.15) is 44.7 Å². The number of hydrogen-bond donors (Lipinski definition) is 1. The molecule has 1 saturated heterocycles. The van der Waals surface area contributed by atoms with Crippen LogP contribution in [0.15, 0.2) is 18.2 Å². The summed E-state index contributed by atoms with van der Waals surface area (Å²) < 4.78 is 5.53. The number of fused-ring (bicyclic) bond motifs is 2. The Kier molecular flexibility index (Phi) is 2.75. The highest BCUT2D eigenvalue weighted by molar-refractivity contribution is 5.72. The van der Waals surface area contributed by atoms with Gasteiger partial charge in [0.25, 0.3) is 0 Å².